The van der Waals surface area contributed by atoms with Crippen LogP contribution in [0.2, 0.25) is 0 Å². The summed E-state index contributed by atoms with van der Waals surface area (Å²) in [5, 5.41) is 9.24. The van der Waals surface area contributed by atoms with E-state index in [-0.39, 0.29) is 10.9 Å². The van der Waals surface area contributed by atoms with Crippen LogP contribution in [0.25, 0.3) is 10.7 Å². The Labute approximate surface area is 179 Å². The van der Waals surface area contributed by atoms with E-state index in [9.17, 15) is 8.42 Å². The van der Waals surface area contributed by atoms with E-state index in [4.69, 9.17) is 9.26 Å². The quantitative estimate of drug-likeness (QED) is 0.553. The van der Waals surface area contributed by atoms with Gasteiger partial charge in [-0.1, -0.05) is 11.2 Å². The first-order chi connectivity index (χ1) is 14.5. The number of thiophene rings is 1. The van der Waals surface area contributed by atoms with Crippen LogP contribution < -0.4 is 10.1 Å². The molecule has 30 heavy (non-hydrogen) atoms. The van der Waals surface area contributed by atoms with Crippen LogP contribution in [-0.2, 0) is 10.0 Å². The number of aromatic nitrogens is 2. The molecule has 0 amide bonds. The third-order valence-electron chi connectivity index (χ3n) is 4.86. The average Bonchev–Trinajstić information content (AvgIpc) is 3.51. The Kier molecular flexibility index (Phi) is 6.07. The van der Waals surface area contributed by atoms with E-state index in [1.54, 1.807) is 18.2 Å². The lowest BCUT2D eigenvalue weighted by Gasteiger charge is -2.20. The number of nitrogens with zero attached hydrogens (tertiary/aromatic N) is 3. The van der Waals surface area contributed by atoms with E-state index >= 15 is 0 Å². The predicted octanol–water partition coefficient (Wildman–Crippen LogP) is 4.15. The Hall–Kier alpha value is -2.43. The number of hydrogen-bond acceptors (Lipinski definition) is 8. The Morgan fingerprint density at radius 1 is 1.30 bits per heavy atom. The molecule has 1 saturated heterocycles. The largest absolute Gasteiger partial charge is 0.492 e. The molecule has 0 radical (unpaired) electrons. The van der Waals surface area contributed by atoms with Crippen LogP contribution in [0.15, 0.2) is 45.1 Å². The maximum Gasteiger partial charge on any atom is 0.249 e. The minimum absolute atomic E-state index is 0.174. The maximum atomic E-state index is 13.2. The second-order valence-corrected chi connectivity index (χ2v) is 9.86. The van der Waals surface area contributed by atoms with Gasteiger partial charge >= 0.3 is 0 Å². The lowest BCUT2D eigenvalue weighted by atomic mass is 10.2. The van der Waals surface area contributed by atoms with Crippen molar-refractivity contribution in [2.45, 2.75) is 37.6 Å². The van der Waals surface area contributed by atoms with Crippen molar-refractivity contribution in [1.82, 2.24) is 14.4 Å². The SMILES string of the molecule is CCOc1ccc(NC(C)c2nc(-c3cccs3)no2)cc1S(=O)(=O)N1CCCC1. The normalized spacial score (nSPS) is 15.9. The fourth-order valence-corrected chi connectivity index (χ4v) is 5.69. The van der Waals surface area contributed by atoms with Crippen molar-refractivity contribution in [3.8, 4) is 16.5 Å². The van der Waals surface area contributed by atoms with E-state index in [0.29, 0.717) is 42.8 Å². The van der Waals surface area contributed by atoms with Gasteiger partial charge in [0.2, 0.25) is 21.7 Å². The number of sulfonamides is 1. The van der Waals surface area contributed by atoms with Gasteiger partial charge in [0, 0.05) is 18.8 Å². The number of rotatable bonds is 8. The standard InChI is InChI=1S/C20H24N4O4S2/c1-3-27-16-9-8-15(13-18(16)30(25,26)24-10-4-5-11-24)21-14(2)20-22-19(23-28-20)17-7-6-12-29-17/h6-9,12-14,21H,3-5,10-11H2,1-2H3. The monoisotopic (exact) mass is 448 g/mol. The van der Waals surface area contributed by atoms with Crippen molar-refractivity contribution < 1.29 is 17.7 Å². The minimum atomic E-state index is -3.62. The van der Waals surface area contributed by atoms with Gasteiger partial charge in [0.05, 0.1) is 11.5 Å². The molecule has 10 heteroatoms. The highest BCUT2D eigenvalue weighted by molar-refractivity contribution is 7.89. The van der Waals surface area contributed by atoms with Gasteiger partial charge in [-0.25, -0.2) is 8.42 Å². The molecule has 3 aromatic rings. The first kappa shape index (κ1) is 20.8. The number of benzene rings is 1. The van der Waals surface area contributed by atoms with Crippen molar-refractivity contribution in [2.24, 2.45) is 0 Å². The predicted molar refractivity (Wildman–Crippen MR) is 115 cm³/mol. The van der Waals surface area contributed by atoms with Gasteiger partial charge in [0.25, 0.3) is 0 Å². The smallest absolute Gasteiger partial charge is 0.249 e. The van der Waals surface area contributed by atoms with Gasteiger partial charge in [-0.2, -0.15) is 9.29 Å². The first-order valence-corrected chi connectivity index (χ1v) is 12.2. The van der Waals surface area contributed by atoms with Gasteiger partial charge in [-0.05, 0) is 56.3 Å². The summed E-state index contributed by atoms with van der Waals surface area (Å²) in [5.74, 6) is 1.33. The Morgan fingerprint density at radius 2 is 2.10 bits per heavy atom. The fourth-order valence-electron chi connectivity index (χ4n) is 3.37. The summed E-state index contributed by atoms with van der Waals surface area (Å²) < 4.78 is 38.8. The highest BCUT2D eigenvalue weighted by Crippen LogP contribution is 2.33. The number of nitrogens with one attached hydrogen (secondary N) is 1. The number of anilines is 1. The number of ether oxygens (including phenoxy) is 1. The molecule has 1 N–H and O–H groups in total. The summed E-state index contributed by atoms with van der Waals surface area (Å²) in [7, 11) is -3.62. The molecule has 1 unspecified atom stereocenters. The first-order valence-electron chi connectivity index (χ1n) is 9.90. The van der Waals surface area contributed by atoms with Crippen LogP contribution >= 0.6 is 11.3 Å². The van der Waals surface area contributed by atoms with E-state index in [1.165, 1.54) is 15.6 Å². The highest BCUT2D eigenvalue weighted by Gasteiger charge is 2.30. The lowest BCUT2D eigenvalue weighted by molar-refractivity contribution is 0.329. The van der Waals surface area contributed by atoms with Crippen LogP contribution in [-0.4, -0.2) is 42.6 Å². The van der Waals surface area contributed by atoms with Crippen LogP contribution in [0.4, 0.5) is 5.69 Å². The van der Waals surface area contributed by atoms with E-state index in [1.807, 2.05) is 31.4 Å². The van der Waals surface area contributed by atoms with Crippen molar-refractivity contribution in [2.75, 3.05) is 25.0 Å². The molecule has 1 fully saturated rings. The van der Waals surface area contributed by atoms with Gasteiger partial charge in [0.1, 0.15) is 16.7 Å². The molecular formula is C20H24N4O4S2. The molecule has 0 spiro atoms. The molecule has 1 aliphatic rings. The molecule has 8 nitrogen and oxygen atoms in total. The lowest BCUT2D eigenvalue weighted by Crippen LogP contribution is -2.28. The molecule has 1 aromatic carbocycles. The summed E-state index contributed by atoms with van der Waals surface area (Å²) in [6.45, 7) is 5.18. The topological polar surface area (TPSA) is 97.6 Å². The average molecular weight is 449 g/mol. The molecule has 1 atom stereocenters. The van der Waals surface area contributed by atoms with E-state index in [2.05, 4.69) is 15.5 Å². The van der Waals surface area contributed by atoms with Crippen LogP contribution in [0.5, 0.6) is 5.75 Å². The summed E-state index contributed by atoms with van der Waals surface area (Å²) in [6.07, 6.45) is 1.75. The van der Waals surface area contributed by atoms with Crippen molar-refractivity contribution in [1.29, 1.82) is 0 Å². The van der Waals surface area contributed by atoms with Crippen molar-refractivity contribution in [3.05, 3.63) is 41.6 Å². The van der Waals surface area contributed by atoms with Gasteiger partial charge in [-0.3, -0.25) is 0 Å². The Balaban J connectivity index is 1.58. The number of hydrogen-bond donors (Lipinski definition) is 1. The van der Waals surface area contributed by atoms with Crippen LogP contribution in [0.1, 0.15) is 38.6 Å². The molecule has 1 aliphatic heterocycles. The molecule has 0 saturated carbocycles. The molecule has 2 aromatic heterocycles. The van der Waals surface area contributed by atoms with Crippen LogP contribution in [0.3, 0.4) is 0 Å². The molecule has 4 rings (SSSR count). The van der Waals surface area contributed by atoms with Crippen molar-refractivity contribution in [3.63, 3.8) is 0 Å². The Bertz CT molecular complexity index is 1090. The van der Waals surface area contributed by atoms with E-state index in [0.717, 1.165) is 17.7 Å². The fraction of sp³-hybridized carbons (Fsp3) is 0.400. The third-order valence-corrected chi connectivity index (χ3v) is 7.65. The van der Waals surface area contributed by atoms with Crippen LogP contribution in [0, 0.1) is 0 Å². The summed E-state index contributed by atoms with van der Waals surface area (Å²) in [5.41, 5.74) is 0.639. The Morgan fingerprint density at radius 3 is 2.80 bits per heavy atom. The zero-order chi connectivity index (χ0) is 21.1. The van der Waals surface area contributed by atoms with Gasteiger partial charge in [-0.15, -0.1) is 11.3 Å². The zero-order valence-electron chi connectivity index (χ0n) is 16.9. The maximum absolute atomic E-state index is 13.2. The van der Waals surface area contributed by atoms with Gasteiger partial charge in [0.15, 0.2) is 0 Å². The second-order valence-electron chi connectivity index (χ2n) is 7.01. The molecule has 0 bridgehead atoms. The molecule has 0 aliphatic carbocycles. The highest BCUT2D eigenvalue weighted by atomic mass is 32.2. The summed E-state index contributed by atoms with van der Waals surface area (Å²) in [6, 6.07) is 8.66. The molecular weight excluding hydrogens is 424 g/mol. The van der Waals surface area contributed by atoms with Crippen molar-refractivity contribution >= 4 is 27.0 Å². The zero-order valence-corrected chi connectivity index (χ0v) is 18.5. The summed E-state index contributed by atoms with van der Waals surface area (Å²) in [4.78, 5) is 5.55. The second kappa shape index (κ2) is 8.75. The van der Waals surface area contributed by atoms with Gasteiger partial charge < -0.3 is 14.6 Å². The molecule has 3 heterocycles. The minimum Gasteiger partial charge on any atom is -0.492 e. The van der Waals surface area contributed by atoms with E-state index < -0.39 is 10.0 Å². The molecule has 160 valence electrons. The third kappa shape index (κ3) is 4.21. The summed E-state index contributed by atoms with van der Waals surface area (Å²) >= 11 is 1.54.